The molecule has 0 unspecified atom stereocenters. The fourth-order valence-electron chi connectivity index (χ4n) is 1.69. The lowest BCUT2D eigenvalue weighted by Crippen LogP contribution is -1.97. The summed E-state index contributed by atoms with van der Waals surface area (Å²) in [6, 6.07) is 12.8. The SMILES string of the molecule is N#Cc1ccc(-c2ccccc2Cl)nc1SCCC(=O)O. The molecule has 0 saturated heterocycles. The number of thioether (sulfide) groups is 1. The first kappa shape index (κ1) is 15.4. The fourth-order valence-corrected chi connectivity index (χ4v) is 2.82. The zero-order chi connectivity index (χ0) is 15.2. The normalized spacial score (nSPS) is 10.1. The molecule has 4 nitrogen and oxygen atoms in total. The lowest BCUT2D eigenvalue weighted by Gasteiger charge is -2.07. The van der Waals surface area contributed by atoms with E-state index in [1.54, 1.807) is 18.2 Å². The Bertz CT molecular complexity index is 713. The smallest absolute Gasteiger partial charge is 0.304 e. The molecule has 0 fully saturated rings. The van der Waals surface area contributed by atoms with Crippen molar-refractivity contribution in [2.24, 2.45) is 0 Å². The van der Waals surface area contributed by atoms with Gasteiger partial charge in [-0.25, -0.2) is 4.98 Å². The quantitative estimate of drug-likeness (QED) is 0.848. The van der Waals surface area contributed by atoms with E-state index in [-0.39, 0.29) is 6.42 Å². The van der Waals surface area contributed by atoms with Gasteiger partial charge in [-0.05, 0) is 18.2 Å². The highest BCUT2D eigenvalue weighted by Crippen LogP contribution is 2.29. The van der Waals surface area contributed by atoms with Crippen molar-refractivity contribution in [3.63, 3.8) is 0 Å². The van der Waals surface area contributed by atoms with Crippen molar-refractivity contribution >= 4 is 29.3 Å². The summed E-state index contributed by atoms with van der Waals surface area (Å²) in [6.07, 6.45) is 0.0214. The van der Waals surface area contributed by atoms with Crippen LogP contribution in [-0.4, -0.2) is 21.8 Å². The molecule has 0 amide bonds. The number of halogens is 1. The average Bonchev–Trinajstić information content (AvgIpc) is 2.47. The van der Waals surface area contributed by atoms with E-state index >= 15 is 0 Å². The molecule has 0 bridgehead atoms. The van der Waals surface area contributed by atoms with Crippen LogP contribution in [0.4, 0.5) is 0 Å². The molecule has 2 rings (SSSR count). The van der Waals surface area contributed by atoms with Crippen molar-refractivity contribution in [3.05, 3.63) is 47.0 Å². The van der Waals surface area contributed by atoms with Crippen LogP contribution in [0.2, 0.25) is 5.02 Å². The van der Waals surface area contributed by atoms with Gasteiger partial charge in [-0.15, -0.1) is 11.8 Å². The number of carboxylic acid groups (broad SMARTS) is 1. The first-order valence-corrected chi connectivity index (χ1v) is 7.49. The van der Waals surface area contributed by atoms with E-state index in [1.165, 1.54) is 11.8 Å². The number of pyridine rings is 1. The van der Waals surface area contributed by atoms with Crippen molar-refractivity contribution in [2.75, 3.05) is 5.75 Å². The molecular formula is C15H11ClN2O2S. The molecule has 1 aromatic heterocycles. The number of carboxylic acids is 1. The Morgan fingerprint density at radius 3 is 2.76 bits per heavy atom. The minimum Gasteiger partial charge on any atom is -0.481 e. The first-order chi connectivity index (χ1) is 10.1. The van der Waals surface area contributed by atoms with E-state index in [0.717, 1.165) is 5.56 Å². The van der Waals surface area contributed by atoms with Gasteiger partial charge in [0.2, 0.25) is 0 Å². The minimum atomic E-state index is -0.872. The second-order valence-corrected chi connectivity index (χ2v) is 5.62. The third-order valence-electron chi connectivity index (χ3n) is 2.69. The molecule has 0 saturated carbocycles. The summed E-state index contributed by atoms with van der Waals surface area (Å²) in [5.41, 5.74) is 1.88. The number of aliphatic carboxylic acids is 1. The summed E-state index contributed by atoms with van der Waals surface area (Å²) >= 11 is 7.40. The zero-order valence-corrected chi connectivity index (χ0v) is 12.5. The van der Waals surface area contributed by atoms with E-state index in [2.05, 4.69) is 11.1 Å². The molecule has 0 aliphatic rings. The van der Waals surface area contributed by atoms with Crippen LogP contribution >= 0.6 is 23.4 Å². The molecule has 106 valence electrons. The standard InChI is InChI=1S/C15H11ClN2O2S/c16-12-4-2-1-3-11(12)13-6-5-10(9-17)15(18-13)21-8-7-14(19)20/h1-6H,7-8H2,(H,19,20). The van der Waals surface area contributed by atoms with Crippen LogP contribution in [0.15, 0.2) is 41.4 Å². The fraction of sp³-hybridized carbons (Fsp3) is 0.133. The molecule has 1 heterocycles. The van der Waals surface area contributed by atoms with E-state index in [0.29, 0.717) is 27.1 Å². The molecule has 6 heteroatoms. The summed E-state index contributed by atoms with van der Waals surface area (Å²) in [6.45, 7) is 0. The Hall–Kier alpha value is -2.03. The number of aromatic nitrogens is 1. The Morgan fingerprint density at radius 2 is 2.10 bits per heavy atom. The predicted octanol–water partition coefficient (Wildman–Crippen LogP) is 3.84. The third-order valence-corrected chi connectivity index (χ3v) is 4.01. The van der Waals surface area contributed by atoms with Gasteiger partial charge in [-0.3, -0.25) is 4.79 Å². The van der Waals surface area contributed by atoms with Gasteiger partial charge in [-0.2, -0.15) is 5.26 Å². The van der Waals surface area contributed by atoms with Crippen LogP contribution in [0, 0.1) is 11.3 Å². The highest BCUT2D eigenvalue weighted by Gasteiger charge is 2.10. The van der Waals surface area contributed by atoms with Crippen LogP contribution < -0.4 is 0 Å². The number of hydrogen-bond acceptors (Lipinski definition) is 4. The van der Waals surface area contributed by atoms with Crippen molar-refractivity contribution in [1.82, 2.24) is 4.98 Å². The number of nitrogens with zero attached hydrogens (tertiary/aromatic N) is 2. The van der Waals surface area contributed by atoms with E-state index < -0.39 is 5.97 Å². The van der Waals surface area contributed by atoms with Crippen LogP contribution in [0.5, 0.6) is 0 Å². The number of carbonyl (C=O) groups is 1. The van der Waals surface area contributed by atoms with Gasteiger partial charge < -0.3 is 5.11 Å². The van der Waals surface area contributed by atoms with Crippen molar-refractivity contribution < 1.29 is 9.90 Å². The molecule has 1 aromatic carbocycles. The van der Waals surface area contributed by atoms with Gasteiger partial charge in [0.05, 0.1) is 17.7 Å². The average molecular weight is 319 g/mol. The monoisotopic (exact) mass is 318 g/mol. The highest BCUT2D eigenvalue weighted by atomic mass is 35.5. The summed E-state index contributed by atoms with van der Waals surface area (Å²) in [5, 5.41) is 18.9. The molecule has 2 aromatic rings. The summed E-state index contributed by atoms with van der Waals surface area (Å²) in [5.74, 6) is -0.508. The second kappa shape index (κ2) is 7.11. The van der Waals surface area contributed by atoms with Crippen LogP contribution in [0.3, 0.4) is 0 Å². The largest absolute Gasteiger partial charge is 0.481 e. The van der Waals surface area contributed by atoms with Crippen molar-refractivity contribution in [2.45, 2.75) is 11.4 Å². The molecule has 0 aliphatic heterocycles. The second-order valence-electron chi connectivity index (χ2n) is 4.13. The van der Waals surface area contributed by atoms with Crippen molar-refractivity contribution in [3.8, 4) is 17.3 Å². The van der Waals surface area contributed by atoms with Gasteiger partial charge in [0.25, 0.3) is 0 Å². The summed E-state index contributed by atoms with van der Waals surface area (Å²) in [4.78, 5) is 15.0. The summed E-state index contributed by atoms with van der Waals surface area (Å²) < 4.78 is 0. The van der Waals surface area contributed by atoms with Gasteiger partial charge in [0, 0.05) is 16.3 Å². The Labute approximate surface area is 131 Å². The van der Waals surface area contributed by atoms with E-state index in [1.807, 2.05) is 18.2 Å². The Balaban J connectivity index is 2.32. The maximum Gasteiger partial charge on any atom is 0.304 e. The molecular weight excluding hydrogens is 308 g/mol. The maximum atomic E-state index is 10.6. The zero-order valence-electron chi connectivity index (χ0n) is 10.9. The number of hydrogen-bond donors (Lipinski definition) is 1. The molecule has 0 radical (unpaired) electrons. The van der Waals surface area contributed by atoms with E-state index in [9.17, 15) is 4.79 Å². The minimum absolute atomic E-state index is 0.0214. The van der Waals surface area contributed by atoms with Crippen LogP contribution in [0.1, 0.15) is 12.0 Å². The molecule has 0 aliphatic carbocycles. The molecule has 21 heavy (non-hydrogen) atoms. The highest BCUT2D eigenvalue weighted by molar-refractivity contribution is 7.99. The Morgan fingerprint density at radius 1 is 1.33 bits per heavy atom. The first-order valence-electron chi connectivity index (χ1n) is 6.12. The van der Waals surface area contributed by atoms with Gasteiger partial charge >= 0.3 is 5.97 Å². The van der Waals surface area contributed by atoms with Crippen molar-refractivity contribution in [1.29, 1.82) is 5.26 Å². The lowest BCUT2D eigenvalue weighted by molar-refractivity contribution is -0.136. The predicted molar refractivity (Wildman–Crippen MR) is 82.4 cm³/mol. The molecule has 1 N–H and O–H groups in total. The van der Waals surface area contributed by atoms with Gasteiger partial charge in [0.15, 0.2) is 0 Å². The third kappa shape index (κ3) is 3.97. The number of rotatable bonds is 5. The maximum absolute atomic E-state index is 10.6. The topological polar surface area (TPSA) is 74.0 Å². The number of benzene rings is 1. The van der Waals surface area contributed by atoms with Gasteiger partial charge in [0.1, 0.15) is 11.1 Å². The van der Waals surface area contributed by atoms with Crippen LogP contribution in [-0.2, 0) is 4.79 Å². The van der Waals surface area contributed by atoms with Gasteiger partial charge in [-0.1, -0.05) is 29.8 Å². The summed E-state index contributed by atoms with van der Waals surface area (Å²) in [7, 11) is 0. The number of nitriles is 1. The van der Waals surface area contributed by atoms with E-state index in [4.69, 9.17) is 22.0 Å². The van der Waals surface area contributed by atoms with Crippen LogP contribution in [0.25, 0.3) is 11.3 Å². The molecule has 0 spiro atoms. The lowest BCUT2D eigenvalue weighted by atomic mass is 10.1. The molecule has 0 atom stereocenters. The Kier molecular flexibility index (Phi) is 5.20.